The highest BCUT2D eigenvalue weighted by Crippen LogP contribution is 2.15. The Morgan fingerprint density at radius 2 is 1.42 bits per heavy atom. The van der Waals surface area contributed by atoms with Gasteiger partial charge < -0.3 is 37.7 Å². The average molecular weight is 470 g/mol. The van der Waals surface area contributed by atoms with Crippen LogP contribution in [0.4, 0.5) is 0 Å². The van der Waals surface area contributed by atoms with Crippen molar-refractivity contribution in [1.82, 2.24) is 5.32 Å². The van der Waals surface area contributed by atoms with Gasteiger partial charge in [-0.05, 0) is 51.8 Å². The molecule has 9 N–H and O–H groups in total. The molecule has 0 saturated heterocycles. The molecule has 33 heavy (non-hydrogen) atoms. The van der Waals surface area contributed by atoms with Gasteiger partial charge in [0.1, 0.15) is 6.04 Å². The van der Waals surface area contributed by atoms with Gasteiger partial charge in [-0.15, -0.1) is 0 Å². The van der Waals surface area contributed by atoms with Gasteiger partial charge in [0.25, 0.3) is 0 Å². The van der Waals surface area contributed by atoms with E-state index in [1.807, 2.05) is 0 Å². The largest absolute Gasteiger partial charge is 0.428 e. The van der Waals surface area contributed by atoms with Crippen molar-refractivity contribution in [3.05, 3.63) is 12.2 Å². The SMILES string of the molecule is CNC(CCCN=C(N)N)C(=O)OCOC(=O)C(CCCN=C(N)N)CC(=O)/C=C/C(C)=O. The maximum absolute atomic E-state index is 12.4. The summed E-state index contributed by atoms with van der Waals surface area (Å²) >= 11 is 0. The lowest BCUT2D eigenvalue weighted by Crippen LogP contribution is -2.36. The van der Waals surface area contributed by atoms with Crippen LogP contribution in [0.3, 0.4) is 0 Å². The number of nitrogens with one attached hydrogen (secondary N) is 1. The van der Waals surface area contributed by atoms with Gasteiger partial charge in [0, 0.05) is 19.5 Å². The van der Waals surface area contributed by atoms with Crippen LogP contribution in [-0.2, 0) is 28.7 Å². The van der Waals surface area contributed by atoms with E-state index in [-0.39, 0.29) is 37.1 Å². The van der Waals surface area contributed by atoms with Crippen LogP contribution in [0.5, 0.6) is 0 Å². The number of carbonyl (C=O) groups is 4. The smallest absolute Gasteiger partial charge is 0.325 e. The van der Waals surface area contributed by atoms with Crippen LogP contribution in [0.15, 0.2) is 22.1 Å². The molecule has 0 radical (unpaired) electrons. The molecule has 0 spiro atoms. The number of carbonyl (C=O) groups excluding carboxylic acids is 4. The number of nitrogens with zero attached hydrogens (tertiary/aromatic N) is 2. The molecule has 0 aromatic carbocycles. The van der Waals surface area contributed by atoms with Crippen molar-refractivity contribution in [3.8, 4) is 0 Å². The van der Waals surface area contributed by atoms with Gasteiger partial charge in [-0.2, -0.15) is 0 Å². The Morgan fingerprint density at radius 3 is 1.94 bits per heavy atom. The van der Waals surface area contributed by atoms with Crippen molar-refractivity contribution in [2.45, 2.75) is 45.1 Å². The van der Waals surface area contributed by atoms with E-state index in [1.165, 1.54) is 6.92 Å². The summed E-state index contributed by atoms with van der Waals surface area (Å²) in [7, 11) is 1.59. The molecule has 0 saturated carbocycles. The maximum atomic E-state index is 12.4. The first kappa shape index (κ1) is 29.5. The molecule has 186 valence electrons. The Balaban J connectivity index is 4.75. The first-order chi connectivity index (χ1) is 15.6. The average Bonchev–Trinajstić information content (AvgIpc) is 2.73. The molecular weight excluding hydrogens is 434 g/mol. The Labute approximate surface area is 193 Å². The number of ketones is 2. The van der Waals surface area contributed by atoms with Crippen LogP contribution < -0.4 is 28.3 Å². The first-order valence-corrected chi connectivity index (χ1v) is 10.4. The molecule has 2 atom stereocenters. The molecule has 0 aromatic heterocycles. The van der Waals surface area contributed by atoms with Crippen LogP contribution in [0, 0.1) is 5.92 Å². The van der Waals surface area contributed by atoms with E-state index in [1.54, 1.807) is 7.05 Å². The molecule has 0 amide bonds. The second-order valence-electron chi connectivity index (χ2n) is 7.09. The third-order valence-electron chi connectivity index (χ3n) is 4.27. The van der Waals surface area contributed by atoms with Gasteiger partial charge in [-0.25, -0.2) is 0 Å². The first-order valence-electron chi connectivity index (χ1n) is 10.4. The molecular formula is C20H35N7O6. The molecule has 13 heteroatoms. The second kappa shape index (κ2) is 17.1. The Morgan fingerprint density at radius 1 is 0.879 bits per heavy atom. The third kappa shape index (κ3) is 15.9. The van der Waals surface area contributed by atoms with Crippen molar-refractivity contribution < 1.29 is 28.7 Å². The zero-order chi connectivity index (χ0) is 25.2. The molecule has 0 bridgehead atoms. The van der Waals surface area contributed by atoms with E-state index >= 15 is 0 Å². The quantitative estimate of drug-likeness (QED) is 0.0408. The van der Waals surface area contributed by atoms with Gasteiger partial charge in [-0.1, -0.05) is 0 Å². The summed E-state index contributed by atoms with van der Waals surface area (Å²) in [6.07, 6.45) is 3.67. The van der Waals surface area contributed by atoms with Crippen molar-refractivity contribution in [1.29, 1.82) is 0 Å². The molecule has 0 aliphatic carbocycles. The number of rotatable bonds is 17. The van der Waals surface area contributed by atoms with Gasteiger partial charge in [0.05, 0.1) is 5.92 Å². The van der Waals surface area contributed by atoms with Crippen LogP contribution in [0.2, 0.25) is 0 Å². The number of esters is 2. The Hall–Kier alpha value is -3.48. The number of guanidine groups is 2. The third-order valence-corrected chi connectivity index (χ3v) is 4.27. The number of likely N-dealkylation sites (N-methyl/N-ethyl adjacent to an activating group) is 1. The fraction of sp³-hybridized carbons (Fsp3) is 0.600. The van der Waals surface area contributed by atoms with Crippen molar-refractivity contribution in [2.24, 2.45) is 38.8 Å². The predicted molar refractivity (Wildman–Crippen MR) is 123 cm³/mol. The van der Waals surface area contributed by atoms with Gasteiger partial charge in [0.2, 0.25) is 6.79 Å². The fourth-order valence-corrected chi connectivity index (χ4v) is 2.62. The van der Waals surface area contributed by atoms with E-state index in [0.29, 0.717) is 25.8 Å². The fourth-order valence-electron chi connectivity index (χ4n) is 2.62. The summed E-state index contributed by atoms with van der Waals surface area (Å²) in [5.41, 5.74) is 21.0. The van der Waals surface area contributed by atoms with Gasteiger partial charge >= 0.3 is 11.9 Å². The number of allylic oxidation sites excluding steroid dienone is 2. The summed E-state index contributed by atoms with van der Waals surface area (Å²) in [6.45, 7) is 1.32. The lowest BCUT2D eigenvalue weighted by atomic mass is 9.96. The molecule has 0 heterocycles. The number of hydrogen-bond acceptors (Lipinski definition) is 9. The highest BCUT2D eigenvalue weighted by Gasteiger charge is 2.24. The van der Waals surface area contributed by atoms with E-state index < -0.39 is 36.5 Å². The van der Waals surface area contributed by atoms with Crippen molar-refractivity contribution >= 4 is 35.4 Å². The zero-order valence-electron chi connectivity index (χ0n) is 19.1. The van der Waals surface area contributed by atoms with Crippen molar-refractivity contribution in [2.75, 3.05) is 26.9 Å². The number of hydrogen-bond donors (Lipinski definition) is 5. The summed E-state index contributed by atoms with van der Waals surface area (Å²) in [5.74, 6) is -2.97. The summed E-state index contributed by atoms with van der Waals surface area (Å²) in [5, 5.41) is 2.80. The van der Waals surface area contributed by atoms with E-state index in [0.717, 1.165) is 12.2 Å². The molecule has 0 aliphatic rings. The molecule has 13 nitrogen and oxygen atoms in total. The molecule has 2 unspecified atom stereocenters. The maximum Gasteiger partial charge on any atom is 0.325 e. The van der Waals surface area contributed by atoms with Crippen molar-refractivity contribution in [3.63, 3.8) is 0 Å². The number of nitrogens with two attached hydrogens (primary N) is 4. The molecule has 0 aromatic rings. The Kier molecular flexibility index (Phi) is 15.3. The molecule has 0 fully saturated rings. The minimum Gasteiger partial charge on any atom is -0.428 e. The summed E-state index contributed by atoms with van der Waals surface area (Å²) < 4.78 is 10.0. The van der Waals surface area contributed by atoms with Crippen LogP contribution >= 0.6 is 0 Å². The topological polar surface area (TPSA) is 228 Å². The number of ether oxygens (including phenoxy) is 2. The monoisotopic (exact) mass is 469 g/mol. The minimum atomic E-state index is -0.818. The second-order valence-corrected chi connectivity index (χ2v) is 7.09. The minimum absolute atomic E-state index is 0.0337. The lowest BCUT2D eigenvalue weighted by Gasteiger charge is -2.17. The lowest BCUT2D eigenvalue weighted by molar-refractivity contribution is -0.172. The van der Waals surface area contributed by atoms with Gasteiger partial charge in [-0.3, -0.25) is 29.2 Å². The Bertz CT molecular complexity index is 743. The van der Waals surface area contributed by atoms with Crippen LogP contribution in [0.1, 0.15) is 39.0 Å². The predicted octanol–water partition coefficient (Wildman–Crippen LogP) is -1.55. The van der Waals surface area contributed by atoms with Crippen LogP contribution in [-0.4, -0.2) is 68.4 Å². The van der Waals surface area contributed by atoms with E-state index in [2.05, 4.69) is 15.3 Å². The standard InChI is InChI=1S/C20H35N7O6/c1-13(28)7-8-15(29)11-14(5-3-9-26-19(21)22)17(30)32-12-33-18(31)16(25-2)6-4-10-27-20(23)24/h7-8,14,16,25H,3-6,9-12H2,1-2H3,(H4,21,22,26)(H4,23,24,27)/b8-7+. The molecule has 0 rings (SSSR count). The summed E-state index contributed by atoms with van der Waals surface area (Å²) in [6, 6.07) is -0.633. The van der Waals surface area contributed by atoms with E-state index in [9.17, 15) is 19.2 Å². The van der Waals surface area contributed by atoms with Gasteiger partial charge in [0.15, 0.2) is 23.5 Å². The highest BCUT2D eigenvalue weighted by atomic mass is 16.7. The normalized spacial score (nSPS) is 12.4. The molecule has 0 aliphatic heterocycles. The number of aliphatic imine (C=N–C) groups is 2. The zero-order valence-corrected chi connectivity index (χ0v) is 19.1. The highest BCUT2D eigenvalue weighted by molar-refractivity contribution is 5.98. The van der Waals surface area contributed by atoms with Crippen LogP contribution in [0.25, 0.3) is 0 Å². The summed E-state index contributed by atoms with van der Waals surface area (Å²) in [4.78, 5) is 55.3. The van der Waals surface area contributed by atoms with E-state index in [4.69, 9.17) is 32.4 Å².